The quantitative estimate of drug-likeness (QED) is 0.216. The Morgan fingerprint density at radius 2 is 1.71 bits per heavy atom. The minimum absolute atomic E-state index is 0.0351. The summed E-state index contributed by atoms with van der Waals surface area (Å²) in [6.45, 7) is 25.3. The van der Waals surface area contributed by atoms with Gasteiger partial charge in [0.25, 0.3) is 0 Å². The smallest absolute Gasteiger partial charge is 0.189 e. The SMILES string of the molecule is C=CC(C=C)=C[C@H](OCOC)[C@@H]1OC(C)(C)O[C@@H]1C(=O)C(=C)CCC(C(=C)C)=C(C)C. The summed E-state index contributed by atoms with van der Waals surface area (Å²) in [5.74, 6) is -1.14. The zero-order chi connectivity index (χ0) is 23.8. The van der Waals surface area contributed by atoms with Crippen LogP contribution < -0.4 is 0 Å². The number of hydrogen-bond donors (Lipinski definition) is 0. The van der Waals surface area contributed by atoms with Crippen molar-refractivity contribution < 1.29 is 23.7 Å². The van der Waals surface area contributed by atoms with Gasteiger partial charge in [-0.25, -0.2) is 0 Å². The molecule has 0 radical (unpaired) electrons. The Balaban J connectivity index is 3.13. The first-order valence-corrected chi connectivity index (χ1v) is 10.4. The third-order valence-electron chi connectivity index (χ3n) is 5.06. The zero-order valence-corrected chi connectivity index (χ0v) is 20.0. The van der Waals surface area contributed by atoms with Crippen molar-refractivity contribution in [1.82, 2.24) is 0 Å². The molecule has 0 saturated carbocycles. The zero-order valence-electron chi connectivity index (χ0n) is 20.0. The Hall–Kier alpha value is -2.05. The van der Waals surface area contributed by atoms with Crippen LogP contribution in [0.1, 0.15) is 47.5 Å². The van der Waals surface area contributed by atoms with E-state index in [1.165, 1.54) is 12.7 Å². The summed E-state index contributed by atoms with van der Waals surface area (Å²) in [6.07, 6.45) is 4.22. The van der Waals surface area contributed by atoms with Gasteiger partial charge in [-0.15, -0.1) is 0 Å². The van der Waals surface area contributed by atoms with Crippen LogP contribution in [0, 0.1) is 0 Å². The van der Waals surface area contributed by atoms with E-state index in [0.717, 1.165) is 16.7 Å². The van der Waals surface area contributed by atoms with Crippen molar-refractivity contribution in [2.24, 2.45) is 0 Å². The standard InChI is InChI=1S/C26H38O5/c1-11-20(12-2)15-22(29-16-28-10)24-25(31-26(8,9)30-24)23(27)19(7)13-14-21(17(3)4)18(5)6/h11-12,15,22,24-25H,1-3,7,13-14,16H2,4-6,8-10H3/t22-,24-,25+/m0/s1. The predicted molar refractivity (Wildman–Crippen MR) is 126 cm³/mol. The van der Waals surface area contributed by atoms with Crippen LogP contribution in [-0.2, 0) is 23.7 Å². The number of ketones is 1. The molecular formula is C26H38O5. The molecule has 0 amide bonds. The van der Waals surface area contributed by atoms with Crippen molar-refractivity contribution in [3.05, 3.63) is 72.4 Å². The minimum Gasteiger partial charge on any atom is -0.359 e. The van der Waals surface area contributed by atoms with E-state index in [4.69, 9.17) is 18.9 Å². The van der Waals surface area contributed by atoms with Gasteiger partial charge in [0.05, 0.1) is 0 Å². The molecule has 1 fully saturated rings. The molecule has 1 aliphatic heterocycles. The first kappa shape index (κ1) is 27.0. The normalized spacial score (nSPS) is 20.5. The molecular weight excluding hydrogens is 392 g/mol. The van der Waals surface area contributed by atoms with Crippen molar-refractivity contribution >= 4 is 5.78 Å². The van der Waals surface area contributed by atoms with Crippen LogP contribution >= 0.6 is 0 Å². The van der Waals surface area contributed by atoms with Crippen LogP contribution in [0.3, 0.4) is 0 Å². The number of hydrogen-bond acceptors (Lipinski definition) is 5. The van der Waals surface area contributed by atoms with Crippen molar-refractivity contribution in [2.45, 2.75) is 71.6 Å². The highest BCUT2D eigenvalue weighted by Gasteiger charge is 2.48. The van der Waals surface area contributed by atoms with Gasteiger partial charge in [0, 0.05) is 7.11 Å². The largest absolute Gasteiger partial charge is 0.359 e. The molecule has 3 atom stereocenters. The third-order valence-corrected chi connectivity index (χ3v) is 5.06. The second kappa shape index (κ2) is 12.1. The van der Waals surface area contributed by atoms with Crippen LogP contribution in [0.5, 0.6) is 0 Å². The van der Waals surface area contributed by atoms with E-state index in [-0.39, 0.29) is 12.6 Å². The molecule has 0 spiro atoms. The van der Waals surface area contributed by atoms with Gasteiger partial charge in [0.1, 0.15) is 19.0 Å². The number of carbonyl (C=O) groups excluding carboxylic acids is 1. The molecule has 0 aromatic carbocycles. The lowest BCUT2D eigenvalue weighted by atomic mass is 9.92. The lowest BCUT2D eigenvalue weighted by Gasteiger charge is -2.25. The summed E-state index contributed by atoms with van der Waals surface area (Å²) >= 11 is 0. The average Bonchev–Trinajstić information content (AvgIpc) is 3.02. The van der Waals surface area contributed by atoms with E-state index in [0.29, 0.717) is 18.4 Å². The Morgan fingerprint density at radius 1 is 1.10 bits per heavy atom. The molecule has 0 aliphatic carbocycles. The van der Waals surface area contributed by atoms with E-state index in [9.17, 15) is 4.79 Å². The van der Waals surface area contributed by atoms with Crippen molar-refractivity contribution in [1.29, 1.82) is 0 Å². The summed E-state index contributed by atoms with van der Waals surface area (Å²) in [5, 5.41) is 0. The molecule has 0 N–H and O–H groups in total. The number of rotatable bonds is 13. The van der Waals surface area contributed by atoms with E-state index in [2.05, 4.69) is 26.3 Å². The molecule has 1 aliphatic rings. The molecule has 5 heteroatoms. The highest BCUT2D eigenvalue weighted by atomic mass is 16.8. The molecule has 31 heavy (non-hydrogen) atoms. The first-order chi connectivity index (χ1) is 14.5. The van der Waals surface area contributed by atoms with Gasteiger partial charge >= 0.3 is 0 Å². The molecule has 172 valence electrons. The minimum atomic E-state index is -0.945. The van der Waals surface area contributed by atoms with Crippen LogP contribution in [0.15, 0.2) is 72.4 Å². The average molecular weight is 431 g/mol. The lowest BCUT2D eigenvalue weighted by molar-refractivity contribution is -0.164. The maximum atomic E-state index is 13.3. The van der Waals surface area contributed by atoms with Crippen LogP contribution in [0.25, 0.3) is 0 Å². The number of ether oxygens (including phenoxy) is 4. The van der Waals surface area contributed by atoms with E-state index < -0.39 is 24.1 Å². The number of methoxy groups -OCH3 is 1. The first-order valence-electron chi connectivity index (χ1n) is 10.4. The van der Waals surface area contributed by atoms with E-state index in [1.807, 2.05) is 20.8 Å². The fourth-order valence-corrected chi connectivity index (χ4v) is 3.52. The second-order valence-electron chi connectivity index (χ2n) is 8.36. The summed E-state index contributed by atoms with van der Waals surface area (Å²) in [4.78, 5) is 13.3. The molecule has 1 heterocycles. The topological polar surface area (TPSA) is 54.0 Å². The summed E-state index contributed by atoms with van der Waals surface area (Å²) < 4.78 is 23.0. The molecule has 1 saturated heterocycles. The van der Waals surface area contributed by atoms with E-state index in [1.54, 1.807) is 32.1 Å². The number of allylic oxidation sites excluding steroid dienone is 6. The predicted octanol–water partition coefficient (Wildman–Crippen LogP) is 5.61. The second-order valence-corrected chi connectivity index (χ2v) is 8.36. The maximum Gasteiger partial charge on any atom is 0.189 e. The van der Waals surface area contributed by atoms with Gasteiger partial charge in [0.15, 0.2) is 17.7 Å². The third kappa shape index (κ3) is 7.86. The monoisotopic (exact) mass is 430 g/mol. The fourth-order valence-electron chi connectivity index (χ4n) is 3.52. The van der Waals surface area contributed by atoms with Crippen molar-refractivity contribution in [3.8, 4) is 0 Å². The molecule has 5 nitrogen and oxygen atoms in total. The van der Waals surface area contributed by atoms with Gasteiger partial charge in [-0.3, -0.25) is 4.79 Å². The van der Waals surface area contributed by atoms with Gasteiger partial charge < -0.3 is 18.9 Å². The maximum absolute atomic E-state index is 13.3. The Kier molecular flexibility index (Phi) is 10.5. The summed E-state index contributed by atoms with van der Waals surface area (Å²) in [5.41, 5.74) is 4.58. The van der Waals surface area contributed by atoms with Crippen molar-refractivity contribution in [2.75, 3.05) is 13.9 Å². The van der Waals surface area contributed by atoms with Gasteiger partial charge in [0.2, 0.25) is 0 Å². The van der Waals surface area contributed by atoms with E-state index >= 15 is 0 Å². The Bertz CT molecular complexity index is 755. The lowest BCUT2D eigenvalue weighted by Crippen LogP contribution is -2.41. The Labute approximate surface area is 187 Å². The van der Waals surface area contributed by atoms with Gasteiger partial charge in [-0.1, -0.05) is 49.6 Å². The molecule has 0 unspecified atom stereocenters. The van der Waals surface area contributed by atoms with Crippen molar-refractivity contribution in [3.63, 3.8) is 0 Å². The molecule has 1 rings (SSSR count). The highest BCUT2D eigenvalue weighted by Crippen LogP contribution is 2.34. The van der Waals surface area contributed by atoms with Crippen LogP contribution in [0.4, 0.5) is 0 Å². The summed E-state index contributed by atoms with van der Waals surface area (Å²) in [7, 11) is 1.53. The molecule has 0 aromatic heterocycles. The van der Waals surface area contributed by atoms with Gasteiger partial charge in [-0.05, 0) is 70.3 Å². The molecule has 0 aromatic rings. The summed E-state index contributed by atoms with van der Waals surface area (Å²) in [6, 6.07) is 0. The number of carbonyl (C=O) groups is 1. The number of Topliss-reactive ketones (excluding diaryl/α,β-unsaturated/α-hetero) is 1. The van der Waals surface area contributed by atoms with Gasteiger partial charge in [-0.2, -0.15) is 0 Å². The Morgan fingerprint density at radius 3 is 2.19 bits per heavy atom. The van der Waals surface area contributed by atoms with Crippen LogP contribution in [-0.4, -0.2) is 43.8 Å². The molecule has 0 bridgehead atoms. The highest BCUT2D eigenvalue weighted by molar-refractivity contribution is 5.99. The fraction of sp³-hybridized carbons (Fsp3) is 0.500. The van der Waals surface area contributed by atoms with Crippen LogP contribution in [0.2, 0.25) is 0 Å².